The number of carbonyl (C=O) groups excluding carboxylic acids is 1. The second-order valence-electron chi connectivity index (χ2n) is 7.38. The first-order valence-corrected chi connectivity index (χ1v) is 9.63. The number of rotatable bonds is 4. The maximum atomic E-state index is 13.1. The molecule has 1 saturated heterocycles. The highest BCUT2D eigenvalue weighted by Crippen LogP contribution is 2.41. The first kappa shape index (κ1) is 17.8. The topological polar surface area (TPSA) is 29.5 Å². The van der Waals surface area contributed by atoms with Crippen LogP contribution in [0.5, 0.6) is 0 Å². The van der Waals surface area contributed by atoms with Gasteiger partial charge in [0.05, 0.1) is 5.41 Å². The Balaban J connectivity index is 1.73. The van der Waals surface area contributed by atoms with Gasteiger partial charge in [0.15, 0.2) is 0 Å². The predicted molar refractivity (Wildman–Crippen MR) is 97.4 cm³/mol. The largest absolute Gasteiger partial charge is 0.463 e. The number of piperidine rings is 1. The Morgan fingerprint density at radius 1 is 1.17 bits per heavy atom. The highest BCUT2D eigenvalue weighted by atomic mass is 35.5. The summed E-state index contributed by atoms with van der Waals surface area (Å²) < 4.78 is 5.87. The van der Waals surface area contributed by atoms with Crippen molar-refractivity contribution in [2.24, 2.45) is 0 Å². The Labute approximate surface area is 150 Å². The Morgan fingerprint density at radius 3 is 2.54 bits per heavy atom. The normalized spacial score (nSPS) is 24.5. The van der Waals surface area contributed by atoms with Crippen LogP contribution in [-0.2, 0) is 14.9 Å². The van der Waals surface area contributed by atoms with E-state index in [1.165, 1.54) is 19.3 Å². The van der Waals surface area contributed by atoms with Crippen LogP contribution in [0.2, 0.25) is 5.02 Å². The third-order valence-corrected chi connectivity index (χ3v) is 6.07. The third kappa shape index (κ3) is 3.78. The summed E-state index contributed by atoms with van der Waals surface area (Å²) in [5.41, 5.74) is 0.587. The van der Waals surface area contributed by atoms with Crippen LogP contribution < -0.4 is 0 Å². The van der Waals surface area contributed by atoms with E-state index in [2.05, 4.69) is 11.9 Å². The standard InChI is InChI=1S/C20H28ClNO2/c1-22-14-6-3-7-18(22)15-24-19(23)20(12-4-2-5-13-20)16-8-10-17(21)11-9-16/h8-11,18H,2-7,12-15H2,1H3/t18-/m1/s1. The maximum absolute atomic E-state index is 13.1. The van der Waals surface area contributed by atoms with E-state index in [-0.39, 0.29) is 5.97 Å². The zero-order valence-corrected chi connectivity index (χ0v) is 15.4. The number of esters is 1. The second-order valence-corrected chi connectivity index (χ2v) is 7.81. The van der Waals surface area contributed by atoms with Crippen LogP contribution in [0, 0.1) is 0 Å². The van der Waals surface area contributed by atoms with Crippen molar-refractivity contribution in [3.63, 3.8) is 0 Å². The highest BCUT2D eigenvalue weighted by molar-refractivity contribution is 6.30. The Hall–Kier alpha value is -1.06. The van der Waals surface area contributed by atoms with Crippen LogP contribution in [-0.4, -0.2) is 37.1 Å². The fourth-order valence-electron chi connectivity index (χ4n) is 4.20. The van der Waals surface area contributed by atoms with E-state index < -0.39 is 5.41 Å². The molecule has 1 aromatic carbocycles. The number of halogens is 1. The van der Waals surface area contributed by atoms with Gasteiger partial charge in [-0.15, -0.1) is 0 Å². The number of hydrogen-bond donors (Lipinski definition) is 0. The van der Waals surface area contributed by atoms with Gasteiger partial charge < -0.3 is 9.64 Å². The van der Waals surface area contributed by atoms with Crippen LogP contribution in [0.3, 0.4) is 0 Å². The van der Waals surface area contributed by atoms with Crippen LogP contribution >= 0.6 is 11.6 Å². The minimum atomic E-state index is -0.476. The molecule has 0 N–H and O–H groups in total. The second kappa shape index (κ2) is 7.88. The maximum Gasteiger partial charge on any atom is 0.316 e. The van der Waals surface area contributed by atoms with E-state index >= 15 is 0 Å². The van der Waals surface area contributed by atoms with Gasteiger partial charge in [-0.3, -0.25) is 4.79 Å². The van der Waals surface area contributed by atoms with Crippen molar-refractivity contribution in [1.82, 2.24) is 4.90 Å². The molecule has 1 aliphatic carbocycles. The van der Waals surface area contributed by atoms with Gasteiger partial charge in [-0.25, -0.2) is 0 Å². The average molecular weight is 350 g/mol. The Morgan fingerprint density at radius 2 is 1.88 bits per heavy atom. The third-order valence-electron chi connectivity index (χ3n) is 5.82. The van der Waals surface area contributed by atoms with E-state index in [0.717, 1.165) is 44.2 Å². The fourth-order valence-corrected chi connectivity index (χ4v) is 4.33. The summed E-state index contributed by atoms with van der Waals surface area (Å²) in [6.07, 6.45) is 8.74. The molecule has 24 heavy (non-hydrogen) atoms. The lowest BCUT2D eigenvalue weighted by Gasteiger charge is -2.37. The zero-order valence-electron chi connectivity index (χ0n) is 14.6. The van der Waals surface area contributed by atoms with Crippen molar-refractivity contribution in [3.8, 4) is 0 Å². The molecule has 0 aromatic heterocycles. The van der Waals surface area contributed by atoms with Gasteiger partial charge >= 0.3 is 5.97 Å². The Kier molecular flexibility index (Phi) is 5.83. The van der Waals surface area contributed by atoms with E-state index in [1.54, 1.807) is 0 Å². The molecule has 2 fully saturated rings. The molecule has 132 valence electrons. The lowest BCUT2D eigenvalue weighted by molar-refractivity contribution is -0.154. The van der Waals surface area contributed by atoms with Crippen molar-refractivity contribution < 1.29 is 9.53 Å². The van der Waals surface area contributed by atoms with E-state index in [9.17, 15) is 4.79 Å². The molecule has 1 aromatic rings. The van der Waals surface area contributed by atoms with Crippen molar-refractivity contribution >= 4 is 17.6 Å². The SMILES string of the molecule is CN1CCCC[C@@H]1COC(=O)C1(c2ccc(Cl)cc2)CCCCC1. The molecule has 1 aliphatic heterocycles. The summed E-state index contributed by atoms with van der Waals surface area (Å²) in [7, 11) is 2.13. The van der Waals surface area contributed by atoms with Crippen molar-refractivity contribution in [3.05, 3.63) is 34.9 Å². The molecule has 2 aliphatic rings. The number of nitrogens with zero attached hydrogens (tertiary/aromatic N) is 1. The van der Waals surface area contributed by atoms with Crippen molar-refractivity contribution in [2.45, 2.75) is 62.8 Å². The molecule has 1 heterocycles. The van der Waals surface area contributed by atoms with Gasteiger partial charge in [0.25, 0.3) is 0 Å². The molecule has 0 unspecified atom stereocenters. The average Bonchev–Trinajstić information content (AvgIpc) is 2.62. The molecule has 3 rings (SSSR count). The Bertz CT molecular complexity index is 551. The summed E-state index contributed by atoms with van der Waals surface area (Å²) in [5, 5.41) is 0.710. The number of benzene rings is 1. The van der Waals surface area contributed by atoms with Crippen LogP contribution in [0.1, 0.15) is 56.9 Å². The molecule has 0 bridgehead atoms. The smallest absolute Gasteiger partial charge is 0.316 e. The number of likely N-dealkylation sites (N-methyl/N-ethyl adjacent to an activating group) is 1. The minimum absolute atomic E-state index is 0.0384. The van der Waals surface area contributed by atoms with E-state index in [4.69, 9.17) is 16.3 Å². The molecule has 1 saturated carbocycles. The summed E-state index contributed by atoms with van der Waals surface area (Å²) in [6.45, 7) is 1.62. The molecular formula is C20H28ClNO2. The number of ether oxygens (including phenoxy) is 1. The molecule has 0 spiro atoms. The summed E-state index contributed by atoms with van der Waals surface area (Å²) in [5.74, 6) is -0.0384. The number of carbonyl (C=O) groups is 1. The molecule has 3 nitrogen and oxygen atoms in total. The van der Waals surface area contributed by atoms with Gasteiger partial charge in [-0.2, -0.15) is 0 Å². The van der Waals surface area contributed by atoms with Gasteiger partial charge in [-0.1, -0.05) is 49.4 Å². The lowest BCUT2D eigenvalue weighted by atomic mass is 9.69. The molecular weight excluding hydrogens is 322 g/mol. The van der Waals surface area contributed by atoms with Crippen LogP contribution in [0.15, 0.2) is 24.3 Å². The number of likely N-dealkylation sites (tertiary alicyclic amines) is 1. The first-order valence-electron chi connectivity index (χ1n) is 9.25. The van der Waals surface area contributed by atoms with Crippen LogP contribution in [0.25, 0.3) is 0 Å². The van der Waals surface area contributed by atoms with E-state index in [0.29, 0.717) is 17.7 Å². The van der Waals surface area contributed by atoms with Gasteiger partial charge in [0.1, 0.15) is 6.61 Å². The first-order chi connectivity index (χ1) is 11.6. The predicted octanol–water partition coefficient (Wildman–Crippen LogP) is 4.57. The number of hydrogen-bond acceptors (Lipinski definition) is 3. The zero-order chi connectivity index (χ0) is 17.0. The minimum Gasteiger partial charge on any atom is -0.463 e. The molecule has 0 radical (unpaired) electrons. The molecule has 1 atom stereocenters. The van der Waals surface area contributed by atoms with E-state index in [1.807, 2.05) is 24.3 Å². The quantitative estimate of drug-likeness (QED) is 0.746. The summed E-state index contributed by atoms with van der Waals surface area (Å²) in [6, 6.07) is 8.14. The molecule has 0 amide bonds. The van der Waals surface area contributed by atoms with Gasteiger partial charge in [-0.05, 0) is 57.0 Å². The summed E-state index contributed by atoms with van der Waals surface area (Å²) in [4.78, 5) is 15.4. The van der Waals surface area contributed by atoms with Crippen molar-refractivity contribution in [2.75, 3.05) is 20.2 Å². The fraction of sp³-hybridized carbons (Fsp3) is 0.650. The lowest BCUT2D eigenvalue weighted by Crippen LogP contribution is -2.44. The van der Waals surface area contributed by atoms with Gasteiger partial charge in [0, 0.05) is 11.1 Å². The highest BCUT2D eigenvalue weighted by Gasteiger charge is 2.42. The monoisotopic (exact) mass is 349 g/mol. The summed E-state index contributed by atoms with van der Waals surface area (Å²) >= 11 is 6.03. The van der Waals surface area contributed by atoms with Crippen molar-refractivity contribution in [1.29, 1.82) is 0 Å². The van der Waals surface area contributed by atoms with Crippen LogP contribution in [0.4, 0.5) is 0 Å². The van der Waals surface area contributed by atoms with Gasteiger partial charge in [0.2, 0.25) is 0 Å². The molecule has 4 heteroatoms.